The molecule has 3 rings (SSSR count). The van der Waals surface area contributed by atoms with Gasteiger partial charge in [0.1, 0.15) is 0 Å². The normalized spacial score (nSPS) is 27.5. The van der Waals surface area contributed by atoms with E-state index in [9.17, 15) is 19.8 Å². The molecule has 2 saturated heterocycles. The molecule has 2 aliphatic heterocycles. The molecule has 0 radical (unpaired) electrons. The highest BCUT2D eigenvalue weighted by Crippen LogP contribution is 2.34. The number of carbonyl (C=O) groups is 2. The van der Waals surface area contributed by atoms with Gasteiger partial charge in [0.2, 0.25) is 0 Å². The molecule has 6 nitrogen and oxygen atoms in total. The topological polar surface area (TPSA) is 93.1 Å². The summed E-state index contributed by atoms with van der Waals surface area (Å²) in [6, 6.07) is 2.86. The molecule has 6 heteroatoms. The van der Waals surface area contributed by atoms with Crippen LogP contribution in [0, 0.1) is 11.8 Å². The second-order valence-electron chi connectivity index (χ2n) is 7.22. The first kappa shape index (κ1) is 18.9. The Hall–Kier alpha value is -1.92. The van der Waals surface area contributed by atoms with Crippen LogP contribution in [0.4, 0.5) is 0 Å². The first-order valence-corrected chi connectivity index (χ1v) is 9.30. The molecule has 2 aliphatic rings. The lowest BCUT2D eigenvalue weighted by molar-refractivity contribution is -0.117. The fourth-order valence-electron chi connectivity index (χ4n) is 4.10. The van der Waals surface area contributed by atoms with E-state index in [2.05, 4.69) is 0 Å². The lowest BCUT2D eigenvalue weighted by Gasteiger charge is -2.39. The van der Waals surface area contributed by atoms with Crippen LogP contribution in [0.3, 0.4) is 0 Å². The lowest BCUT2D eigenvalue weighted by atomic mass is 9.79. The van der Waals surface area contributed by atoms with Crippen LogP contribution in [0.1, 0.15) is 58.5 Å². The Bertz CT molecular complexity index is 635. The number of hydrogen-bond acceptors (Lipinski definition) is 4. The molecule has 0 saturated carbocycles. The van der Waals surface area contributed by atoms with E-state index in [-0.39, 0.29) is 35.2 Å². The van der Waals surface area contributed by atoms with Gasteiger partial charge >= 0.3 is 11.9 Å². The van der Waals surface area contributed by atoms with Gasteiger partial charge in [-0.15, -0.1) is 0 Å². The zero-order valence-electron chi connectivity index (χ0n) is 15.2. The second-order valence-corrected chi connectivity index (χ2v) is 7.22. The predicted octanol–water partition coefficient (Wildman–Crippen LogP) is 3.02. The van der Waals surface area contributed by atoms with Crippen molar-refractivity contribution in [2.24, 2.45) is 11.8 Å². The summed E-state index contributed by atoms with van der Waals surface area (Å²) in [6.07, 6.45) is 3.06. The Morgan fingerprint density at radius 2 is 1.27 bits per heavy atom. The fourth-order valence-corrected chi connectivity index (χ4v) is 4.10. The van der Waals surface area contributed by atoms with Gasteiger partial charge in [0.15, 0.2) is 0 Å². The maximum absolute atomic E-state index is 11.8. The molecule has 2 heterocycles. The third-order valence-corrected chi connectivity index (χ3v) is 5.73. The Labute approximate surface area is 153 Å². The summed E-state index contributed by atoms with van der Waals surface area (Å²) < 4.78 is 11.1. The van der Waals surface area contributed by atoms with Gasteiger partial charge in [0.25, 0.3) is 0 Å². The molecule has 1 aromatic rings. The molecular weight excluding hydrogens is 336 g/mol. The van der Waals surface area contributed by atoms with Crippen LogP contribution in [0.2, 0.25) is 0 Å². The molecule has 0 aromatic heterocycles. The summed E-state index contributed by atoms with van der Waals surface area (Å²) in [6.45, 7) is 5.28. The monoisotopic (exact) mass is 362 g/mol. The second kappa shape index (κ2) is 7.76. The van der Waals surface area contributed by atoms with Crippen LogP contribution in [-0.4, -0.2) is 47.6 Å². The molecule has 0 amide bonds. The summed E-state index contributed by atoms with van der Waals surface area (Å²) >= 11 is 0. The largest absolute Gasteiger partial charge is 0.478 e. The standard InChI is InChI=1S/C20H26O6/c1-3-17-11(9-25-17)7-15-13(19(21)22)5-6-14(20(23)24)16(15)8-12-10-26-18(12)4-2/h5-6,11-12,17-18H,3-4,7-10H2,1-2H3,(H,21,22)(H,23,24). The van der Waals surface area contributed by atoms with Gasteiger partial charge in [0.05, 0.1) is 36.5 Å². The SMILES string of the molecule is CCC1OCC1Cc1c(C(=O)O)ccc(C(=O)O)c1CC1COC1CC. The van der Waals surface area contributed by atoms with E-state index < -0.39 is 11.9 Å². The summed E-state index contributed by atoms with van der Waals surface area (Å²) in [4.78, 5) is 23.6. The number of benzene rings is 1. The van der Waals surface area contributed by atoms with Crippen molar-refractivity contribution in [1.82, 2.24) is 0 Å². The van der Waals surface area contributed by atoms with Gasteiger partial charge in [-0.1, -0.05) is 13.8 Å². The fraction of sp³-hybridized carbons (Fsp3) is 0.600. The predicted molar refractivity (Wildman–Crippen MR) is 94.8 cm³/mol. The molecule has 26 heavy (non-hydrogen) atoms. The number of carboxylic acid groups (broad SMARTS) is 2. The third kappa shape index (κ3) is 3.48. The van der Waals surface area contributed by atoms with Crippen LogP contribution in [-0.2, 0) is 22.3 Å². The molecule has 4 unspecified atom stereocenters. The van der Waals surface area contributed by atoms with Crippen LogP contribution < -0.4 is 0 Å². The maximum atomic E-state index is 11.8. The number of rotatable bonds is 8. The Morgan fingerprint density at radius 3 is 1.50 bits per heavy atom. The number of hydrogen-bond donors (Lipinski definition) is 2. The van der Waals surface area contributed by atoms with Gasteiger partial charge in [-0.2, -0.15) is 0 Å². The zero-order valence-corrected chi connectivity index (χ0v) is 15.2. The van der Waals surface area contributed by atoms with Crippen molar-refractivity contribution < 1.29 is 29.3 Å². The highest BCUT2D eigenvalue weighted by molar-refractivity contribution is 5.95. The van der Waals surface area contributed by atoms with Crippen molar-refractivity contribution in [1.29, 1.82) is 0 Å². The van der Waals surface area contributed by atoms with Crippen molar-refractivity contribution >= 4 is 11.9 Å². The van der Waals surface area contributed by atoms with Crippen molar-refractivity contribution in [3.63, 3.8) is 0 Å². The van der Waals surface area contributed by atoms with Gasteiger partial charge in [-0.25, -0.2) is 9.59 Å². The molecule has 0 bridgehead atoms. The highest BCUT2D eigenvalue weighted by atomic mass is 16.5. The molecule has 0 aliphatic carbocycles. The average molecular weight is 362 g/mol. The summed E-state index contributed by atoms with van der Waals surface area (Å²) in [5.41, 5.74) is 1.73. The van der Waals surface area contributed by atoms with Gasteiger partial charge in [-0.3, -0.25) is 0 Å². The Morgan fingerprint density at radius 1 is 0.885 bits per heavy atom. The van der Waals surface area contributed by atoms with Gasteiger partial charge < -0.3 is 19.7 Å². The number of ether oxygens (including phenoxy) is 2. The molecule has 4 atom stereocenters. The minimum atomic E-state index is -1.01. The average Bonchev–Trinajstić information content (AvgIpc) is 2.55. The van der Waals surface area contributed by atoms with Crippen molar-refractivity contribution in [3.05, 3.63) is 34.4 Å². The molecule has 2 N–H and O–H groups in total. The molecule has 142 valence electrons. The van der Waals surface area contributed by atoms with Crippen molar-refractivity contribution in [2.75, 3.05) is 13.2 Å². The minimum Gasteiger partial charge on any atom is -0.478 e. The maximum Gasteiger partial charge on any atom is 0.335 e. The Kier molecular flexibility index (Phi) is 5.63. The first-order chi connectivity index (χ1) is 12.5. The van der Waals surface area contributed by atoms with Crippen LogP contribution in [0.15, 0.2) is 12.1 Å². The van der Waals surface area contributed by atoms with E-state index in [1.165, 1.54) is 12.1 Å². The van der Waals surface area contributed by atoms with E-state index in [0.29, 0.717) is 37.2 Å². The van der Waals surface area contributed by atoms with Crippen molar-refractivity contribution in [2.45, 2.75) is 51.7 Å². The first-order valence-electron chi connectivity index (χ1n) is 9.30. The summed E-state index contributed by atoms with van der Waals surface area (Å²) in [5.74, 6) is -1.55. The number of carboxylic acids is 2. The Balaban J connectivity index is 2.00. The van der Waals surface area contributed by atoms with E-state index in [1.54, 1.807) is 0 Å². The molecular formula is C20H26O6. The smallest absolute Gasteiger partial charge is 0.335 e. The quantitative estimate of drug-likeness (QED) is 0.738. The van der Waals surface area contributed by atoms with Crippen LogP contribution >= 0.6 is 0 Å². The zero-order chi connectivity index (χ0) is 18.8. The van der Waals surface area contributed by atoms with Gasteiger partial charge in [0, 0.05) is 11.8 Å². The van der Waals surface area contributed by atoms with E-state index >= 15 is 0 Å². The van der Waals surface area contributed by atoms with E-state index in [1.807, 2.05) is 13.8 Å². The molecule has 1 aromatic carbocycles. The van der Waals surface area contributed by atoms with Gasteiger partial charge in [-0.05, 0) is 48.9 Å². The molecule has 0 spiro atoms. The summed E-state index contributed by atoms with van der Waals surface area (Å²) in [7, 11) is 0. The van der Waals surface area contributed by atoms with Crippen molar-refractivity contribution in [3.8, 4) is 0 Å². The highest BCUT2D eigenvalue weighted by Gasteiger charge is 2.36. The van der Waals surface area contributed by atoms with Crippen LogP contribution in [0.5, 0.6) is 0 Å². The van der Waals surface area contributed by atoms with E-state index in [0.717, 1.165) is 12.8 Å². The van der Waals surface area contributed by atoms with E-state index in [4.69, 9.17) is 9.47 Å². The summed E-state index contributed by atoms with van der Waals surface area (Å²) in [5, 5.41) is 19.3. The molecule has 2 fully saturated rings. The number of aromatic carboxylic acids is 2. The minimum absolute atomic E-state index is 0.119. The third-order valence-electron chi connectivity index (χ3n) is 5.73. The lowest BCUT2D eigenvalue weighted by Crippen LogP contribution is -2.42. The van der Waals surface area contributed by atoms with Crippen LogP contribution in [0.25, 0.3) is 0 Å².